The van der Waals surface area contributed by atoms with E-state index < -0.39 is 5.67 Å². The third kappa shape index (κ3) is 5.50. The van der Waals surface area contributed by atoms with Gasteiger partial charge in [-0.1, -0.05) is 17.7 Å². The van der Waals surface area contributed by atoms with E-state index in [-0.39, 0.29) is 24.4 Å². The highest BCUT2D eigenvalue weighted by Crippen LogP contribution is 2.42. The van der Waals surface area contributed by atoms with Crippen LogP contribution in [0.15, 0.2) is 42.6 Å². The number of aromatic nitrogens is 1. The average molecular weight is 455 g/mol. The number of ether oxygens (including phenoxy) is 1. The molecule has 8 heteroatoms. The second-order valence-corrected chi connectivity index (χ2v) is 9.06. The van der Waals surface area contributed by atoms with Gasteiger partial charge in [0, 0.05) is 42.5 Å². The molecule has 1 saturated carbocycles. The number of methoxy groups -OCH3 is 1. The molecular formula is C25H31FN4O3. The van der Waals surface area contributed by atoms with Crippen LogP contribution in [-0.4, -0.2) is 60.5 Å². The van der Waals surface area contributed by atoms with Gasteiger partial charge in [0.25, 0.3) is 5.91 Å². The molecule has 2 amide bonds. The molecule has 7 nitrogen and oxygen atoms in total. The normalized spacial score (nSPS) is 23.4. The van der Waals surface area contributed by atoms with E-state index in [0.29, 0.717) is 35.9 Å². The molecule has 1 aromatic heterocycles. The lowest BCUT2D eigenvalue weighted by atomic mass is 9.78. The van der Waals surface area contributed by atoms with Gasteiger partial charge in [-0.25, -0.2) is 9.37 Å². The number of nitrogens with one attached hydrogen (secondary N) is 2. The Hall–Kier alpha value is -3.00. The summed E-state index contributed by atoms with van der Waals surface area (Å²) in [6.45, 7) is 3.38. The second-order valence-electron chi connectivity index (χ2n) is 9.06. The van der Waals surface area contributed by atoms with Gasteiger partial charge in [-0.05, 0) is 50.8 Å². The molecule has 1 aliphatic heterocycles. The van der Waals surface area contributed by atoms with Gasteiger partial charge < -0.3 is 15.4 Å². The Kier molecular flexibility index (Phi) is 6.93. The molecule has 2 aliphatic rings. The van der Waals surface area contributed by atoms with E-state index in [1.54, 1.807) is 37.6 Å². The maximum Gasteiger partial charge on any atom is 0.251 e. The fourth-order valence-electron chi connectivity index (χ4n) is 4.71. The molecule has 2 heterocycles. The van der Waals surface area contributed by atoms with Crippen molar-refractivity contribution in [1.82, 2.24) is 20.5 Å². The Morgan fingerprint density at radius 3 is 2.61 bits per heavy atom. The van der Waals surface area contributed by atoms with E-state index in [0.717, 1.165) is 31.5 Å². The molecule has 2 fully saturated rings. The fourth-order valence-corrected chi connectivity index (χ4v) is 4.71. The first-order chi connectivity index (χ1) is 15.9. The van der Waals surface area contributed by atoms with Crippen LogP contribution in [0.1, 0.15) is 47.2 Å². The van der Waals surface area contributed by atoms with Crippen LogP contribution < -0.4 is 15.4 Å². The van der Waals surface area contributed by atoms with Crippen LogP contribution in [0.25, 0.3) is 0 Å². The number of benzene rings is 1. The van der Waals surface area contributed by atoms with Crippen molar-refractivity contribution >= 4 is 11.8 Å². The number of amides is 2. The first kappa shape index (κ1) is 23.2. The first-order valence-corrected chi connectivity index (χ1v) is 11.4. The summed E-state index contributed by atoms with van der Waals surface area (Å²) in [6.07, 6.45) is 4.05. The summed E-state index contributed by atoms with van der Waals surface area (Å²) in [5.41, 5.74) is 0.812. The molecule has 0 atom stereocenters. The van der Waals surface area contributed by atoms with Crippen molar-refractivity contribution in [3.63, 3.8) is 0 Å². The zero-order valence-electron chi connectivity index (χ0n) is 19.1. The van der Waals surface area contributed by atoms with Crippen LogP contribution in [0.3, 0.4) is 0 Å². The highest BCUT2D eigenvalue weighted by Gasteiger charge is 2.41. The molecule has 0 unspecified atom stereocenters. The fraction of sp³-hybridized carbons (Fsp3) is 0.480. The minimum absolute atomic E-state index is 0.0486. The Labute approximate surface area is 193 Å². The first-order valence-electron chi connectivity index (χ1n) is 11.4. The summed E-state index contributed by atoms with van der Waals surface area (Å²) < 4.78 is 20.5. The predicted molar refractivity (Wildman–Crippen MR) is 123 cm³/mol. The third-order valence-electron chi connectivity index (χ3n) is 6.69. The number of alkyl halides is 1. The zero-order chi connectivity index (χ0) is 23.4. The highest BCUT2D eigenvalue weighted by molar-refractivity contribution is 5.96. The van der Waals surface area contributed by atoms with E-state index in [4.69, 9.17) is 4.74 Å². The molecule has 0 spiro atoms. The summed E-state index contributed by atoms with van der Waals surface area (Å²) in [5.74, 6) is 0.0339. The number of aryl methyl sites for hydroxylation is 1. The Morgan fingerprint density at radius 2 is 1.97 bits per heavy atom. The number of likely N-dealkylation sites (tertiary alicyclic amines) is 1. The standard InChI is InChI=1S/C25H31FN4O3/c1-17-4-3-5-18(12-17)24(32)28-14-22(31)29-20-15-30(16-20)21-8-10-25(26,11-9-21)19-6-7-23(33-2)27-13-19/h3-7,12-13,20-21H,8-11,14-16H2,1-2H3,(H,28,32)(H,29,31)/t21-,25-. The van der Waals surface area contributed by atoms with Gasteiger partial charge in [0.2, 0.25) is 11.8 Å². The van der Waals surface area contributed by atoms with Crippen molar-refractivity contribution in [1.29, 1.82) is 0 Å². The number of rotatable bonds is 7. The van der Waals surface area contributed by atoms with Crippen LogP contribution in [0, 0.1) is 6.92 Å². The predicted octanol–water partition coefficient (Wildman–Crippen LogP) is 2.74. The van der Waals surface area contributed by atoms with Crippen molar-refractivity contribution in [2.24, 2.45) is 0 Å². The molecular weight excluding hydrogens is 423 g/mol. The molecule has 0 bridgehead atoms. The summed E-state index contributed by atoms with van der Waals surface area (Å²) >= 11 is 0. The number of hydrogen-bond acceptors (Lipinski definition) is 5. The highest BCUT2D eigenvalue weighted by atomic mass is 19.1. The molecule has 176 valence electrons. The number of carbonyl (C=O) groups excluding carboxylic acids is 2. The SMILES string of the molecule is COc1ccc([C@]2(F)CC[C@H](N3CC(NC(=O)CNC(=O)c4cccc(C)c4)C3)CC2)cn1. The minimum atomic E-state index is -1.34. The van der Waals surface area contributed by atoms with Crippen LogP contribution in [-0.2, 0) is 10.5 Å². The third-order valence-corrected chi connectivity index (χ3v) is 6.69. The van der Waals surface area contributed by atoms with Crippen LogP contribution in [0.4, 0.5) is 4.39 Å². The quantitative estimate of drug-likeness (QED) is 0.672. The number of nitrogens with zero attached hydrogens (tertiary/aromatic N) is 2. The monoisotopic (exact) mass is 454 g/mol. The summed E-state index contributed by atoms with van der Waals surface area (Å²) in [5, 5.41) is 5.63. The van der Waals surface area contributed by atoms with Crippen molar-refractivity contribution in [3.8, 4) is 5.88 Å². The zero-order valence-corrected chi connectivity index (χ0v) is 19.1. The molecule has 4 rings (SSSR count). The van der Waals surface area contributed by atoms with Crippen LogP contribution >= 0.6 is 0 Å². The van der Waals surface area contributed by atoms with Gasteiger partial charge in [-0.2, -0.15) is 0 Å². The maximum atomic E-state index is 15.5. The number of halogens is 1. The topological polar surface area (TPSA) is 83.6 Å². The van der Waals surface area contributed by atoms with Gasteiger partial charge in [0.05, 0.1) is 19.7 Å². The molecule has 2 aromatic rings. The van der Waals surface area contributed by atoms with Crippen molar-refractivity contribution < 1.29 is 18.7 Å². The number of hydrogen-bond donors (Lipinski definition) is 2. The second kappa shape index (κ2) is 9.87. The van der Waals surface area contributed by atoms with E-state index in [1.807, 2.05) is 19.1 Å². The minimum Gasteiger partial charge on any atom is -0.481 e. The number of pyridine rings is 1. The van der Waals surface area contributed by atoms with E-state index in [2.05, 4.69) is 20.5 Å². The Morgan fingerprint density at radius 1 is 1.21 bits per heavy atom. The maximum absolute atomic E-state index is 15.5. The Balaban J connectivity index is 1.17. The molecule has 2 N–H and O–H groups in total. The average Bonchev–Trinajstić information content (AvgIpc) is 2.80. The van der Waals surface area contributed by atoms with Gasteiger partial charge in [0.1, 0.15) is 5.67 Å². The van der Waals surface area contributed by atoms with E-state index >= 15 is 4.39 Å². The van der Waals surface area contributed by atoms with Gasteiger partial charge in [-0.3, -0.25) is 14.5 Å². The van der Waals surface area contributed by atoms with E-state index in [1.165, 1.54) is 0 Å². The van der Waals surface area contributed by atoms with Gasteiger partial charge in [-0.15, -0.1) is 0 Å². The summed E-state index contributed by atoms with van der Waals surface area (Å²) in [7, 11) is 1.54. The molecule has 1 aromatic carbocycles. The van der Waals surface area contributed by atoms with Gasteiger partial charge >= 0.3 is 0 Å². The Bertz CT molecular complexity index is 983. The van der Waals surface area contributed by atoms with E-state index in [9.17, 15) is 9.59 Å². The van der Waals surface area contributed by atoms with Crippen molar-refractivity contribution in [2.75, 3.05) is 26.7 Å². The largest absolute Gasteiger partial charge is 0.481 e. The lowest BCUT2D eigenvalue weighted by molar-refractivity contribution is -0.122. The van der Waals surface area contributed by atoms with Gasteiger partial charge in [0.15, 0.2) is 0 Å². The smallest absolute Gasteiger partial charge is 0.251 e. The summed E-state index contributed by atoms with van der Waals surface area (Å²) in [6, 6.07) is 11.1. The van der Waals surface area contributed by atoms with Crippen molar-refractivity contribution in [3.05, 3.63) is 59.3 Å². The molecule has 1 saturated heterocycles. The lowest BCUT2D eigenvalue weighted by Gasteiger charge is -2.47. The molecule has 33 heavy (non-hydrogen) atoms. The molecule has 1 aliphatic carbocycles. The van der Waals surface area contributed by atoms with Crippen molar-refractivity contribution in [2.45, 2.75) is 50.4 Å². The lowest BCUT2D eigenvalue weighted by Crippen LogP contribution is -2.63. The van der Waals surface area contributed by atoms with Crippen LogP contribution in [0.5, 0.6) is 5.88 Å². The molecule has 0 radical (unpaired) electrons. The van der Waals surface area contributed by atoms with Crippen LogP contribution in [0.2, 0.25) is 0 Å². The summed E-state index contributed by atoms with van der Waals surface area (Å²) in [4.78, 5) is 30.8. The number of carbonyl (C=O) groups is 2.